The van der Waals surface area contributed by atoms with Gasteiger partial charge in [-0.2, -0.15) is 0 Å². The molecule has 31 heavy (non-hydrogen) atoms. The van der Waals surface area contributed by atoms with Crippen molar-refractivity contribution in [2.45, 2.75) is 37.0 Å². The van der Waals surface area contributed by atoms with Crippen molar-refractivity contribution in [1.29, 1.82) is 0 Å². The minimum Gasteiger partial charge on any atom is -0.322 e. The molecule has 2 aromatic carbocycles. The van der Waals surface area contributed by atoms with Gasteiger partial charge in [0.1, 0.15) is 5.00 Å². The van der Waals surface area contributed by atoms with Crippen LogP contribution in [-0.2, 0) is 22.9 Å². The van der Waals surface area contributed by atoms with Gasteiger partial charge >= 0.3 is 0 Å². The Bertz CT molecular complexity index is 1200. The fourth-order valence-corrected chi connectivity index (χ4v) is 6.42. The highest BCUT2D eigenvalue weighted by molar-refractivity contribution is 7.93. The molecular formula is C22H20Cl2N2O3S2. The molecule has 0 aliphatic heterocycles. The van der Waals surface area contributed by atoms with Crippen molar-refractivity contribution in [2.24, 2.45) is 0 Å². The van der Waals surface area contributed by atoms with Gasteiger partial charge in [-0.1, -0.05) is 29.6 Å². The van der Waals surface area contributed by atoms with E-state index in [0.717, 1.165) is 42.5 Å². The maximum Gasteiger partial charge on any atom is 0.262 e. The molecule has 0 saturated heterocycles. The molecule has 4 rings (SSSR count). The minimum atomic E-state index is -3.87. The van der Waals surface area contributed by atoms with Crippen LogP contribution in [0.25, 0.3) is 0 Å². The molecule has 0 saturated carbocycles. The summed E-state index contributed by atoms with van der Waals surface area (Å²) in [7, 11) is -3.87. The molecule has 0 radical (unpaired) electrons. The number of fused-ring (bicyclic) bond motifs is 1. The average molecular weight is 495 g/mol. The predicted molar refractivity (Wildman–Crippen MR) is 127 cm³/mol. The van der Waals surface area contributed by atoms with E-state index in [1.54, 1.807) is 24.3 Å². The summed E-state index contributed by atoms with van der Waals surface area (Å²) < 4.78 is 28.6. The Labute approximate surface area is 195 Å². The molecule has 5 nitrogen and oxygen atoms in total. The van der Waals surface area contributed by atoms with Crippen LogP contribution in [-0.4, -0.2) is 14.3 Å². The Balaban J connectivity index is 1.71. The van der Waals surface area contributed by atoms with Crippen LogP contribution in [0.4, 0.5) is 10.7 Å². The van der Waals surface area contributed by atoms with E-state index in [1.165, 1.54) is 35.6 Å². The summed E-state index contributed by atoms with van der Waals surface area (Å²) >= 11 is 13.2. The first-order chi connectivity index (χ1) is 14.8. The van der Waals surface area contributed by atoms with Crippen molar-refractivity contribution in [3.05, 3.63) is 74.6 Å². The largest absolute Gasteiger partial charge is 0.322 e. The van der Waals surface area contributed by atoms with Gasteiger partial charge in [0, 0.05) is 20.6 Å². The van der Waals surface area contributed by atoms with Crippen LogP contribution in [0.1, 0.15) is 40.1 Å². The number of thiophene rings is 1. The number of aryl methyl sites for hydroxylation is 1. The van der Waals surface area contributed by atoms with E-state index in [1.807, 2.05) is 0 Å². The second-order valence-corrected chi connectivity index (χ2v) is 10.9. The highest BCUT2D eigenvalue weighted by atomic mass is 35.5. The number of sulfonamides is 1. The third kappa shape index (κ3) is 5.06. The standard InChI is InChI=1S/C22H20Cl2N2O3S2/c23-14-6-10-16(11-7-14)25-21(27)20-18-4-2-1-3-5-19(18)30-22(20)26-31(28,29)17-12-8-15(24)9-13-17/h6-13,26H,1-5H2,(H,25,27). The lowest BCUT2D eigenvalue weighted by Gasteiger charge is -2.11. The Morgan fingerprint density at radius 1 is 0.871 bits per heavy atom. The van der Waals surface area contributed by atoms with Crippen molar-refractivity contribution in [2.75, 3.05) is 10.0 Å². The SMILES string of the molecule is O=C(Nc1ccc(Cl)cc1)c1c(NS(=O)(=O)c2ccc(Cl)cc2)sc2c1CCCCC2. The molecule has 1 heterocycles. The molecule has 1 amide bonds. The molecule has 162 valence electrons. The summed E-state index contributed by atoms with van der Waals surface area (Å²) in [6, 6.07) is 12.7. The number of amides is 1. The zero-order valence-electron chi connectivity index (χ0n) is 16.5. The first-order valence-corrected chi connectivity index (χ1v) is 12.9. The number of rotatable bonds is 5. The van der Waals surface area contributed by atoms with Gasteiger partial charge in [0.05, 0.1) is 10.5 Å². The van der Waals surface area contributed by atoms with Crippen molar-refractivity contribution in [1.82, 2.24) is 0 Å². The van der Waals surface area contributed by atoms with Gasteiger partial charge in [0.25, 0.3) is 15.9 Å². The van der Waals surface area contributed by atoms with E-state index >= 15 is 0 Å². The van der Waals surface area contributed by atoms with Crippen molar-refractivity contribution < 1.29 is 13.2 Å². The molecule has 0 atom stereocenters. The highest BCUT2D eigenvalue weighted by Crippen LogP contribution is 2.39. The first kappa shape index (κ1) is 22.1. The quantitative estimate of drug-likeness (QED) is 0.404. The lowest BCUT2D eigenvalue weighted by molar-refractivity contribution is 0.102. The molecular weight excluding hydrogens is 475 g/mol. The number of hydrogen-bond acceptors (Lipinski definition) is 4. The number of anilines is 2. The molecule has 1 aliphatic carbocycles. The summed E-state index contributed by atoms with van der Waals surface area (Å²) in [6.45, 7) is 0. The van der Waals surface area contributed by atoms with E-state index in [4.69, 9.17) is 23.2 Å². The molecule has 1 aromatic heterocycles. The van der Waals surface area contributed by atoms with Gasteiger partial charge in [-0.25, -0.2) is 8.42 Å². The maximum atomic E-state index is 13.2. The first-order valence-electron chi connectivity index (χ1n) is 9.83. The van der Waals surface area contributed by atoms with Gasteiger partial charge in [-0.15, -0.1) is 11.3 Å². The van der Waals surface area contributed by atoms with Crippen molar-refractivity contribution in [3.8, 4) is 0 Å². The number of hydrogen-bond donors (Lipinski definition) is 2. The summed E-state index contributed by atoms with van der Waals surface area (Å²) in [5.74, 6) is -0.337. The topological polar surface area (TPSA) is 75.3 Å². The van der Waals surface area contributed by atoms with Crippen LogP contribution in [0, 0.1) is 0 Å². The molecule has 1 aliphatic rings. The second kappa shape index (κ2) is 9.20. The van der Waals surface area contributed by atoms with Crippen molar-refractivity contribution in [3.63, 3.8) is 0 Å². The van der Waals surface area contributed by atoms with E-state index in [0.29, 0.717) is 26.3 Å². The average Bonchev–Trinajstić information content (AvgIpc) is 2.89. The van der Waals surface area contributed by atoms with Crippen LogP contribution in [0.3, 0.4) is 0 Å². The number of halogens is 2. The molecule has 9 heteroatoms. The smallest absolute Gasteiger partial charge is 0.262 e. The predicted octanol–water partition coefficient (Wildman–Crippen LogP) is 6.38. The Hall–Kier alpha value is -2.06. The zero-order chi connectivity index (χ0) is 22.0. The Kier molecular flexibility index (Phi) is 6.57. The lowest BCUT2D eigenvalue weighted by Crippen LogP contribution is -2.18. The number of carbonyl (C=O) groups is 1. The molecule has 0 bridgehead atoms. The summed E-state index contributed by atoms with van der Waals surface area (Å²) in [4.78, 5) is 14.4. The number of nitrogens with one attached hydrogen (secondary N) is 2. The van der Waals surface area contributed by atoms with Crippen LogP contribution >= 0.6 is 34.5 Å². The second-order valence-electron chi connectivity index (χ2n) is 7.29. The van der Waals surface area contributed by atoms with Crippen LogP contribution < -0.4 is 10.0 Å². The van der Waals surface area contributed by atoms with Gasteiger partial charge in [-0.3, -0.25) is 9.52 Å². The summed E-state index contributed by atoms with van der Waals surface area (Å²) in [6.07, 6.45) is 4.66. The van der Waals surface area contributed by atoms with Crippen LogP contribution in [0.2, 0.25) is 10.0 Å². The monoisotopic (exact) mass is 494 g/mol. The fourth-order valence-electron chi connectivity index (χ4n) is 3.58. The summed E-state index contributed by atoms with van der Waals surface area (Å²) in [5, 5.41) is 4.23. The Morgan fingerprint density at radius 3 is 2.16 bits per heavy atom. The Morgan fingerprint density at radius 2 is 1.48 bits per heavy atom. The molecule has 0 spiro atoms. The van der Waals surface area contributed by atoms with Crippen molar-refractivity contribution >= 4 is 61.2 Å². The number of benzene rings is 2. The molecule has 0 unspecified atom stereocenters. The zero-order valence-corrected chi connectivity index (χ0v) is 19.6. The molecule has 2 N–H and O–H groups in total. The lowest BCUT2D eigenvalue weighted by atomic mass is 10.0. The van der Waals surface area contributed by atoms with E-state index in [9.17, 15) is 13.2 Å². The normalized spacial score (nSPS) is 13.9. The van der Waals surface area contributed by atoms with Crippen LogP contribution in [0.15, 0.2) is 53.4 Å². The fraction of sp³-hybridized carbons (Fsp3) is 0.227. The molecule has 3 aromatic rings. The van der Waals surface area contributed by atoms with E-state index in [2.05, 4.69) is 10.0 Å². The number of carbonyl (C=O) groups excluding carboxylic acids is 1. The van der Waals surface area contributed by atoms with Gasteiger partial charge in [0.2, 0.25) is 0 Å². The third-order valence-corrected chi connectivity index (χ3v) is 8.31. The third-order valence-electron chi connectivity index (χ3n) is 5.10. The van der Waals surface area contributed by atoms with Gasteiger partial charge < -0.3 is 5.32 Å². The maximum absolute atomic E-state index is 13.2. The van der Waals surface area contributed by atoms with Gasteiger partial charge in [0.15, 0.2) is 0 Å². The van der Waals surface area contributed by atoms with Crippen LogP contribution in [0.5, 0.6) is 0 Å². The summed E-state index contributed by atoms with van der Waals surface area (Å²) in [5.41, 5.74) is 1.92. The molecule has 0 fully saturated rings. The van der Waals surface area contributed by atoms with E-state index < -0.39 is 10.0 Å². The van der Waals surface area contributed by atoms with Gasteiger partial charge in [-0.05, 0) is 79.8 Å². The van der Waals surface area contributed by atoms with E-state index in [-0.39, 0.29) is 10.8 Å². The minimum absolute atomic E-state index is 0.0875. The highest BCUT2D eigenvalue weighted by Gasteiger charge is 2.27.